The number of anilines is 1. The zero-order valence-corrected chi connectivity index (χ0v) is 22.2. The van der Waals surface area contributed by atoms with E-state index in [2.05, 4.69) is 4.90 Å². The molecule has 1 unspecified atom stereocenters. The fourth-order valence-corrected chi connectivity index (χ4v) is 5.83. The average molecular weight is 509 g/mol. The maximum absolute atomic E-state index is 13.8. The molecule has 3 aliphatic heterocycles. The minimum Gasteiger partial charge on any atom is -0.496 e. The zero-order valence-electron chi connectivity index (χ0n) is 22.2. The lowest BCUT2D eigenvalue weighted by Crippen LogP contribution is -2.48. The van der Waals surface area contributed by atoms with Gasteiger partial charge < -0.3 is 28.9 Å². The highest BCUT2D eigenvalue weighted by atomic mass is 16.6. The van der Waals surface area contributed by atoms with Crippen LogP contribution >= 0.6 is 0 Å². The summed E-state index contributed by atoms with van der Waals surface area (Å²) in [5.74, 6) is 1.48. The van der Waals surface area contributed by atoms with Crippen LogP contribution < -0.4 is 9.64 Å². The molecule has 200 valence electrons. The lowest BCUT2D eigenvalue weighted by atomic mass is 9.99. The van der Waals surface area contributed by atoms with E-state index in [0.717, 1.165) is 42.9 Å². The number of likely N-dealkylation sites (tertiary alicyclic amines) is 2. The Balaban J connectivity index is 1.37. The summed E-state index contributed by atoms with van der Waals surface area (Å²) in [6, 6.07) is 12.3. The van der Waals surface area contributed by atoms with Gasteiger partial charge in [-0.2, -0.15) is 0 Å². The Kier molecular flexibility index (Phi) is 8.59. The van der Waals surface area contributed by atoms with Crippen LogP contribution in [0.2, 0.25) is 0 Å². The molecule has 3 aliphatic rings. The second-order valence-corrected chi connectivity index (χ2v) is 10.3. The third kappa shape index (κ3) is 6.08. The van der Waals surface area contributed by atoms with Crippen LogP contribution in [0.3, 0.4) is 0 Å². The maximum Gasteiger partial charge on any atom is 0.257 e. The highest BCUT2D eigenvalue weighted by Crippen LogP contribution is 2.32. The number of likely N-dealkylation sites (N-methyl/N-ethyl adjacent to an activating group) is 1. The first-order chi connectivity index (χ1) is 18.1. The standard InChI is InChI=1S/C29H40N4O4/c1-31(20-23-21-36-18-19-37-23)28-25(10-11-26(30-28)24-8-4-5-9-27(24)35-2)29(34)33-16-12-22(13-17-33)32-14-6-3-7-15-32/h4-5,8-11,22-23H,3,6-7,12-21H2,1-2H3. The molecule has 5 rings (SSSR count). The van der Waals surface area contributed by atoms with E-state index in [1.165, 1.54) is 32.4 Å². The van der Waals surface area contributed by atoms with Crippen molar-refractivity contribution in [3.8, 4) is 17.0 Å². The van der Waals surface area contributed by atoms with Gasteiger partial charge in [-0.3, -0.25) is 4.79 Å². The number of ether oxygens (including phenoxy) is 3. The van der Waals surface area contributed by atoms with E-state index in [-0.39, 0.29) is 12.0 Å². The van der Waals surface area contributed by atoms with Crippen molar-refractivity contribution in [2.45, 2.75) is 44.2 Å². The van der Waals surface area contributed by atoms with Gasteiger partial charge in [0.15, 0.2) is 0 Å². The van der Waals surface area contributed by atoms with Crippen LogP contribution in [-0.4, -0.2) is 99.5 Å². The first-order valence-corrected chi connectivity index (χ1v) is 13.7. The fourth-order valence-electron chi connectivity index (χ4n) is 5.83. The molecule has 1 amide bonds. The summed E-state index contributed by atoms with van der Waals surface area (Å²) >= 11 is 0. The Morgan fingerprint density at radius 3 is 2.57 bits per heavy atom. The van der Waals surface area contributed by atoms with Crippen LogP contribution in [0.25, 0.3) is 11.3 Å². The summed E-state index contributed by atoms with van der Waals surface area (Å²) in [7, 11) is 3.64. The van der Waals surface area contributed by atoms with E-state index >= 15 is 0 Å². The molecule has 0 spiro atoms. The van der Waals surface area contributed by atoms with Crippen LogP contribution in [0, 0.1) is 0 Å². The van der Waals surface area contributed by atoms with Crippen molar-refractivity contribution < 1.29 is 19.0 Å². The van der Waals surface area contributed by atoms with Crippen molar-refractivity contribution >= 4 is 11.7 Å². The lowest BCUT2D eigenvalue weighted by Gasteiger charge is -2.40. The quantitative estimate of drug-likeness (QED) is 0.565. The monoisotopic (exact) mass is 508 g/mol. The van der Waals surface area contributed by atoms with Crippen molar-refractivity contribution in [3.05, 3.63) is 42.0 Å². The normalized spacial score (nSPS) is 21.6. The number of carbonyl (C=O) groups excluding carboxylic acids is 1. The summed E-state index contributed by atoms with van der Waals surface area (Å²) in [4.78, 5) is 25.5. The highest BCUT2D eigenvalue weighted by molar-refractivity contribution is 5.99. The number of benzene rings is 1. The van der Waals surface area contributed by atoms with E-state index in [9.17, 15) is 4.79 Å². The lowest BCUT2D eigenvalue weighted by molar-refractivity contribution is -0.0837. The van der Waals surface area contributed by atoms with E-state index in [0.29, 0.717) is 43.8 Å². The Bertz CT molecular complexity index is 1040. The summed E-state index contributed by atoms with van der Waals surface area (Å²) < 4.78 is 17.1. The van der Waals surface area contributed by atoms with Crippen molar-refractivity contribution in [1.29, 1.82) is 0 Å². The summed E-state index contributed by atoms with van der Waals surface area (Å²) in [5, 5.41) is 0. The first-order valence-electron chi connectivity index (χ1n) is 13.7. The van der Waals surface area contributed by atoms with Crippen molar-refractivity contribution in [2.75, 3.05) is 71.6 Å². The minimum atomic E-state index is -0.0568. The Morgan fingerprint density at radius 2 is 1.84 bits per heavy atom. The maximum atomic E-state index is 13.8. The SMILES string of the molecule is COc1ccccc1-c1ccc(C(=O)N2CCC(N3CCCCC3)CC2)c(N(C)CC2COCCO2)n1. The number of pyridine rings is 1. The van der Waals surface area contributed by atoms with Crippen molar-refractivity contribution in [1.82, 2.24) is 14.8 Å². The highest BCUT2D eigenvalue weighted by Gasteiger charge is 2.30. The molecular formula is C29H40N4O4. The van der Waals surface area contributed by atoms with Gasteiger partial charge in [-0.05, 0) is 63.0 Å². The van der Waals surface area contributed by atoms with Gasteiger partial charge in [0.25, 0.3) is 5.91 Å². The van der Waals surface area contributed by atoms with Crippen LogP contribution in [0.4, 0.5) is 5.82 Å². The molecule has 0 bridgehead atoms. The number of hydrogen-bond acceptors (Lipinski definition) is 7. The second-order valence-electron chi connectivity index (χ2n) is 10.3. The summed E-state index contributed by atoms with van der Waals surface area (Å²) in [6.45, 7) is 6.34. The first kappa shape index (κ1) is 25.9. The largest absolute Gasteiger partial charge is 0.496 e. The predicted octanol–water partition coefficient (Wildman–Crippen LogP) is 3.70. The molecule has 4 heterocycles. The fraction of sp³-hybridized carbons (Fsp3) is 0.586. The zero-order chi connectivity index (χ0) is 25.6. The van der Waals surface area contributed by atoms with Gasteiger partial charge in [-0.25, -0.2) is 4.98 Å². The number of nitrogens with zero attached hydrogens (tertiary/aromatic N) is 4. The summed E-state index contributed by atoms with van der Waals surface area (Å²) in [6.07, 6.45) is 5.97. The number of amides is 1. The van der Waals surface area contributed by atoms with Crippen molar-refractivity contribution in [3.63, 3.8) is 0 Å². The molecule has 0 radical (unpaired) electrons. The van der Waals surface area contributed by atoms with E-state index in [1.54, 1.807) is 7.11 Å². The molecule has 0 saturated carbocycles. The number of rotatable bonds is 7. The molecule has 0 aliphatic carbocycles. The van der Waals surface area contributed by atoms with Gasteiger partial charge in [0, 0.05) is 38.3 Å². The van der Waals surface area contributed by atoms with Gasteiger partial charge in [0.1, 0.15) is 11.6 Å². The number of methoxy groups -OCH3 is 1. The molecule has 2 aromatic rings. The van der Waals surface area contributed by atoms with Gasteiger partial charge in [-0.15, -0.1) is 0 Å². The molecular weight excluding hydrogens is 468 g/mol. The van der Waals surface area contributed by atoms with Crippen molar-refractivity contribution in [2.24, 2.45) is 0 Å². The average Bonchev–Trinajstić information content (AvgIpc) is 2.97. The Morgan fingerprint density at radius 1 is 1.05 bits per heavy atom. The third-order valence-corrected chi connectivity index (χ3v) is 7.87. The molecule has 3 fully saturated rings. The van der Waals surface area contributed by atoms with E-state index in [1.807, 2.05) is 53.2 Å². The van der Waals surface area contributed by atoms with Crippen LogP contribution in [0.15, 0.2) is 36.4 Å². The molecule has 8 nitrogen and oxygen atoms in total. The van der Waals surface area contributed by atoms with E-state index < -0.39 is 0 Å². The molecule has 3 saturated heterocycles. The van der Waals surface area contributed by atoms with Gasteiger partial charge in [0.05, 0.1) is 44.3 Å². The number of carbonyl (C=O) groups is 1. The number of para-hydroxylation sites is 1. The molecule has 1 atom stereocenters. The van der Waals surface area contributed by atoms with Gasteiger partial charge in [0.2, 0.25) is 0 Å². The third-order valence-electron chi connectivity index (χ3n) is 7.87. The number of aromatic nitrogens is 1. The Hall–Kier alpha value is -2.68. The van der Waals surface area contributed by atoms with Crippen LogP contribution in [-0.2, 0) is 9.47 Å². The molecule has 37 heavy (non-hydrogen) atoms. The van der Waals surface area contributed by atoms with Gasteiger partial charge >= 0.3 is 0 Å². The van der Waals surface area contributed by atoms with Crippen LogP contribution in [0.5, 0.6) is 5.75 Å². The molecule has 1 aromatic heterocycles. The summed E-state index contributed by atoms with van der Waals surface area (Å²) in [5.41, 5.74) is 2.31. The smallest absolute Gasteiger partial charge is 0.257 e. The topological polar surface area (TPSA) is 67.4 Å². The van der Waals surface area contributed by atoms with E-state index in [4.69, 9.17) is 19.2 Å². The molecule has 1 aromatic carbocycles. The number of piperidine rings is 2. The Labute approximate surface area is 220 Å². The minimum absolute atomic E-state index is 0.0545. The molecule has 0 N–H and O–H groups in total. The van der Waals surface area contributed by atoms with Crippen LogP contribution in [0.1, 0.15) is 42.5 Å². The predicted molar refractivity (Wildman–Crippen MR) is 144 cm³/mol. The second kappa shape index (κ2) is 12.2. The van der Waals surface area contributed by atoms with Gasteiger partial charge in [-0.1, -0.05) is 18.6 Å². The number of hydrogen-bond donors (Lipinski definition) is 0. The molecule has 8 heteroatoms.